The number of nitrogens with one attached hydrogen (secondary N) is 1. The van der Waals surface area contributed by atoms with Crippen molar-refractivity contribution in [1.82, 2.24) is 4.98 Å². The van der Waals surface area contributed by atoms with Crippen LogP contribution < -0.4 is 5.32 Å². The molecule has 0 saturated carbocycles. The Morgan fingerprint density at radius 1 is 1.28 bits per heavy atom. The predicted molar refractivity (Wildman–Crippen MR) is 72.4 cm³/mol. The van der Waals surface area contributed by atoms with Crippen LogP contribution in [0.3, 0.4) is 0 Å². The summed E-state index contributed by atoms with van der Waals surface area (Å²) in [5.74, 6) is 0.511. The van der Waals surface area contributed by atoms with E-state index in [4.69, 9.17) is 0 Å². The molecule has 1 saturated heterocycles. The molecule has 5 heteroatoms. The number of hydrogen-bond acceptors (Lipinski definition) is 4. The maximum absolute atomic E-state index is 11.4. The fraction of sp³-hybridized carbons (Fsp3) is 0.308. The summed E-state index contributed by atoms with van der Waals surface area (Å²) in [6.07, 6.45) is 4.24. The molecule has 0 amide bonds. The van der Waals surface area contributed by atoms with E-state index in [1.807, 2.05) is 24.3 Å². The standard InChI is InChI=1S/C13H14N2O2S/c16-18(17)7-5-11(9-18)15-13-3-1-2-10-4-6-14-8-12(10)13/h1-4,6,8,11,15H,5,7,9H2. The van der Waals surface area contributed by atoms with E-state index in [9.17, 15) is 8.42 Å². The van der Waals surface area contributed by atoms with Crippen LogP contribution in [0.15, 0.2) is 36.7 Å². The third-order valence-electron chi connectivity index (χ3n) is 3.28. The van der Waals surface area contributed by atoms with Crippen molar-refractivity contribution in [3.8, 4) is 0 Å². The topological polar surface area (TPSA) is 59.1 Å². The molecule has 1 aliphatic heterocycles. The van der Waals surface area contributed by atoms with Gasteiger partial charge in [0.2, 0.25) is 0 Å². The number of anilines is 1. The Bertz CT molecular complexity index is 677. The zero-order valence-corrected chi connectivity index (χ0v) is 10.7. The van der Waals surface area contributed by atoms with Gasteiger partial charge in [0.15, 0.2) is 9.84 Å². The third-order valence-corrected chi connectivity index (χ3v) is 5.04. The molecule has 1 aliphatic rings. The molecule has 2 aromatic rings. The molecule has 0 spiro atoms. The summed E-state index contributed by atoms with van der Waals surface area (Å²) in [6.45, 7) is 0. The summed E-state index contributed by atoms with van der Waals surface area (Å²) in [5.41, 5.74) is 0.961. The quantitative estimate of drug-likeness (QED) is 0.897. The SMILES string of the molecule is O=S1(=O)CCC(Nc2cccc3ccncc23)C1. The molecule has 0 aliphatic carbocycles. The van der Waals surface area contributed by atoms with Crippen molar-refractivity contribution in [2.24, 2.45) is 0 Å². The van der Waals surface area contributed by atoms with E-state index in [1.165, 1.54) is 0 Å². The van der Waals surface area contributed by atoms with Gasteiger partial charge in [0.05, 0.1) is 11.5 Å². The van der Waals surface area contributed by atoms with Gasteiger partial charge in [-0.1, -0.05) is 12.1 Å². The van der Waals surface area contributed by atoms with Crippen LogP contribution in [0.4, 0.5) is 5.69 Å². The molecule has 0 bridgehead atoms. The molecule has 3 rings (SSSR count). The van der Waals surface area contributed by atoms with Gasteiger partial charge in [-0.2, -0.15) is 0 Å². The predicted octanol–water partition coefficient (Wildman–Crippen LogP) is 1.83. The lowest BCUT2D eigenvalue weighted by atomic mass is 10.1. The van der Waals surface area contributed by atoms with Gasteiger partial charge >= 0.3 is 0 Å². The first-order valence-corrected chi connectivity index (χ1v) is 7.76. The monoisotopic (exact) mass is 262 g/mol. The molecule has 94 valence electrons. The van der Waals surface area contributed by atoms with Crippen LogP contribution in [0.2, 0.25) is 0 Å². The minimum Gasteiger partial charge on any atom is -0.381 e. The van der Waals surface area contributed by atoms with Crippen LogP contribution in [0, 0.1) is 0 Å². The molecule has 1 aromatic carbocycles. The molecule has 1 unspecified atom stereocenters. The number of pyridine rings is 1. The Balaban J connectivity index is 1.92. The second kappa shape index (κ2) is 4.24. The molecule has 1 atom stereocenters. The lowest BCUT2D eigenvalue weighted by molar-refractivity contribution is 0.602. The van der Waals surface area contributed by atoms with E-state index < -0.39 is 9.84 Å². The summed E-state index contributed by atoms with van der Waals surface area (Å²) in [7, 11) is -2.85. The van der Waals surface area contributed by atoms with Crippen LogP contribution in [0.25, 0.3) is 10.8 Å². The zero-order valence-electron chi connectivity index (χ0n) is 9.83. The molecular weight excluding hydrogens is 248 g/mol. The van der Waals surface area contributed by atoms with E-state index in [0.717, 1.165) is 16.5 Å². The van der Waals surface area contributed by atoms with Crippen molar-refractivity contribution < 1.29 is 8.42 Å². The van der Waals surface area contributed by atoms with Gasteiger partial charge in [0.1, 0.15) is 0 Å². The maximum Gasteiger partial charge on any atom is 0.152 e. The van der Waals surface area contributed by atoms with Crippen molar-refractivity contribution in [1.29, 1.82) is 0 Å². The van der Waals surface area contributed by atoms with E-state index >= 15 is 0 Å². The Hall–Kier alpha value is -1.62. The van der Waals surface area contributed by atoms with Gasteiger partial charge in [-0.15, -0.1) is 0 Å². The fourth-order valence-corrected chi connectivity index (χ4v) is 4.04. The second-order valence-corrected chi connectivity index (χ2v) is 6.88. The van der Waals surface area contributed by atoms with E-state index in [0.29, 0.717) is 6.42 Å². The molecule has 1 fully saturated rings. The van der Waals surface area contributed by atoms with Crippen LogP contribution in [-0.2, 0) is 9.84 Å². The molecule has 0 radical (unpaired) electrons. The number of nitrogens with zero attached hydrogens (tertiary/aromatic N) is 1. The van der Waals surface area contributed by atoms with Crippen molar-refractivity contribution in [3.05, 3.63) is 36.7 Å². The van der Waals surface area contributed by atoms with Gasteiger partial charge in [0, 0.05) is 29.5 Å². The summed E-state index contributed by atoms with van der Waals surface area (Å²) >= 11 is 0. The van der Waals surface area contributed by atoms with Gasteiger partial charge in [-0.3, -0.25) is 4.98 Å². The highest BCUT2D eigenvalue weighted by molar-refractivity contribution is 7.91. The average Bonchev–Trinajstić information content (AvgIpc) is 2.69. The third kappa shape index (κ3) is 2.18. The molecule has 4 nitrogen and oxygen atoms in total. The number of benzene rings is 1. The van der Waals surface area contributed by atoms with Crippen LogP contribution >= 0.6 is 0 Å². The molecule has 1 aromatic heterocycles. The van der Waals surface area contributed by atoms with E-state index in [1.54, 1.807) is 12.4 Å². The Morgan fingerprint density at radius 2 is 2.17 bits per heavy atom. The van der Waals surface area contributed by atoms with E-state index in [-0.39, 0.29) is 17.5 Å². The highest BCUT2D eigenvalue weighted by Gasteiger charge is 2.27. The van der Waals surface area contributed by atoms with Crippen molar-refractivity contribution in [2.75, 3.05) is 16.8 Å². The van der Waals surface area contributed by atoms with Gasteiger partial charge in [-0.25, -0.2) is 8.42 Å². The Morgan fingerprint density at radius 3 is 2.94 bits per heavy atom. The summed E-state index contributed by atoms with van der Waals surface area (Å²) < 4.78 is 22.9. The minimum atomic E-state index is -2.85. The maximum atomic E-state index is 11.4. The van der Waals surface area contributed by atoms with Crippen LogP contribution in [0.5, 0.6) is 0 Å². The molecule has 18 heavy (non-hydrogen) atoms. The van der Waals surface area contributed by atoms with Gasteiger partial charge in [-0.05, 0) is 23.9 Å². The molecule has 2 heterocycles. The van der Waals surface area contributed by atoms with E-state index in [2.05, 4.69) is 10.3 Å². The van der Waals surface area contributed by atoms with Gasteiger partial charge in [0.25, 0.3) is 0 Å². The first-order valence-electron chi connectivity index (χ1n) is 5.94. The number of hydrogen-bond donors (Lipinski definition) is 1. The summed E-state index contributed by atoms with van der Waals surface area (Å²) in [5, 5.41) is 5.46. The summed E-state index contributed by atoms with van der Waals surface area (Å²) in [6, 6.07) is 7.92. The highest BCUT2D eigenvalue weighted by Crippen LogP contribution is 2.25. The average molecular weight is 262 g/mol. The molecular formula is C13H14N2O2S. The number of rotatable bonds is 2. The van der Waals surface area contributed by atoms with Crippen LogP contribution in [0.1, 0.15) is 6.42 Å². The Labute approximate surface area is 106 Å². The van der Waals surface area contributed by atoms with Crippen LogP contribution in [-0.4, -0.2) is 30.9 Å². The number of sulfone groups is 1. The zero-order chi connectivity index (χ0) is 12.6. The van der Waals surface area contributed by atoms with Crippen molar-refractivity contribution in [3.63, 3.8) is 0 Å². The van der Waals surface area contributed by atoms with Crippen molar-refractivity contribution >= 4 is 26.3 Å². The van der Waals surface area contributed by atoms with Gasteiger partial charge < -0.3 is 5.32 Å². The first-order chi connectivity index (χ1) is 8.64. The normalized spacial score (nSPS) is 22.1. The number of aromatic nitrogens is 1. The largest absolute Gasteiger partial charge is 0.381 e. The Kier molecular flexibility index (Phi) is 2.70. The lowest BCUT2D eigenvalue weighted by Crippen LogP contribution is -2.20. The lowest BCUT2D eigenvalue weighted by Gasteiger charge is -2.14. The highest BCUT2D eigenvalue weighted by atomic mass is 32.2. The summed E-state index contributed by atoms with van der Waals surface area (Å²) in [4.78, 5) is 4.12. The smallest absolute Gasteiger partial charge is 0.152 e. The number of fused-ring (bicyclic) bond motifs is 1. The first kappa shape index (κ1) is 11.5. The fourth-order valence-electron chi connectivity index (χ4n) is 2.37. The minimum absolute atomic E-state index is 0.0146. The molecule has 1 N–H and O–H groups in total. The van der Waals surface area contributed by atoms with Crippen molar-refractivity contribution in [2.45, 2.75) is 12.5 Å². The second-order valence-electron chi connectivity index (χ2n) is 4.65.